The van der Waals surface area contributed by atoms with Crippen molar-refractivity contribution in [2.75, 3.05) is 44.2 Å². The van der Waals surface area contributed by atoms with Crippen molar-refractivity contribution < 1.29 is 9.32 Å². The minimum absolute atomic E-state index is 0.210. The molecule has 27 heavy (non-hydrogen) atoms. The van der Waals surface area contributed by atoms with Crippen LogP contribution in [0.4, 0.5) is 5.95 Å². The van der Waals surface area contributed by atoms with Crippen LogP contribution < -0.4 is 10.2 Å². The van der Waals surface area contributed by atoms with Gasteiger partial charge < -0.3 is 14.7 Å². The molecule has 3 aromatic rings. The number of carbonyl (C=O) groups excluding carboxylic acids is 1. The molecule has 1 N–H and O–H groups in total. The summed E-state index contributed by atoms with van der Waals surface area (Å²) in [6.45, 7) is 4.96. The van der Waals surface area contributed by atoms with E-state index in [0.29, 0.717) is 18.0 Å². The van der Waals surface area contributed by atoms with Crippen LogP contribution in [-0.2, 0) is 0 Å². The van der Waals surface area contributed by atoms with Crippen LogP contribution in [0.1, 0.15) is 10.5 Å². The highest BCUT2D eigenvalue weighted by molar-refractivity contribution is 7.13. The van der Waals surface area contributed by atoms with Gasteiger partial charge in [-0.15, -0.1) is 11.3 Å². The Morgan fingerprint density at radius 3 is 2.74 bits per heavy atom. The molecule has 1 aliphatic heterocycles. The summed E-state index contributed by atoms with van der Waals surface area (Å²) in [6, 6.07) is 7.37. The predicted octanol–water partition coefficient (Wildman–Crippen LogP) is 1.75. The van der Waals surface area contributed by atoms with E-state index in [2.05, 4.69) is 30.2 Å². The molecule has 3 aromatic heterocycles. The first kappa shape index (κ1) is 17.6. The molecule has 0 saturated carbocycles. The molecule has 0 spiro atoms. The fraction of sp³-hybridized carbons (Fsp3) is 0.333. The van der Waals surface area contributed by atoms with Gasteiger partial charge in [0.15, 0.2) is 11.5 Å². The van der Waals surface area contributed by atoms with Gasteiger partial charge in [-0.05, 0) is 17.5 Å². The highest BCUT2D eigenvalue weighted by atomic mass is 32.1. The van der Waals surface area contributed by atoms with Crippen LogP contribution in [0.5, 0.6) is 0 Å². The molecule has 0 unspecified atom stereocenters. The smallest absolute Gasteiger partial charge is 0.273 e. The van der Waals surface area contributed by atoms with Crippen molar-refractivity contribution in [2.24, 2.45) is 0 Å². The first-order chi connectivity index (χ1) is 13.3. The van der Waals surface area contributed by atoms with Crippen molar-refractivity contribution >= 4 is 23.2 Å². The number of thiophene rings is 1. The molecule has 0 atom stereocenters. The summed E-state index contributed by atoms with van der Waals surface area (Å²) < 4.78 is 5.25. The van der Waals surface area contributed by atoms with E-state index in [1.54, 1.807) is 29.8 Å². The van der Waals surface area contributed by atoms with Crippen LogP contribution in [-0.4, -0.2) is 65.2 Å². The summed E-state index contributed by atoms with van der Waals surface area (Å²) in [5.74, 6) is 1.19. The quantitative estimate of drug-likeness (QED) is 0.693. The Balaban J connectivity index is 1.21. The lowest BCUT2D eigenvalue weighted by Crippen LogP contribution is -2.49. The van der Waals surface area contributed by atoms with Gasteiger partial charge in [0, 0.05) is 57.7 Å². The molecule has 0 aliphatic carbocycles. The fourth-order valence-corrected chi connectivity index (χ4v) is 3.63. The molecule has 4 heterocycles. The Kier molecular flexibility index (Phi) is 5.40. The second-order valence-electron chi connectivity index (χ2n) is 6.19. The Bertz CT molecular complexity index is 859. The summed E-state index contributed by atoms with van der Waals surface area (Å²) in [6.07, 6.45) is 3.52. The number of hydrogen-bond donors (Lipinski definition) is 1. The van der Waals surface area contributed by atoms with E-state index in [0.717, 1.165) is 43.5 Å². The van der Waals surface area contributed by atoms with Crippen molar-refractivity contribution in [2.45, 2.75) is 0 Å². The maximum Gasteiger partial charge on any atom is 0.273 e. The van der Waals surface area contributed by atoms with Gasteiger partial charge in [0.05, 0.1) is 4.88 Å². The zero-order valence-electron chi connectivity index (χ0n) is 14.7. The van der Waals surface area contributed by atoms with Crippen LogP contribution in [0, 0.1) is 0 Å². The minimum Gasteiger partial charge on any atom is -0.355 e. The number of piperazine rings is 1. The normalized spacial score (nSPS) is 15.0. The molecule has 1 fully saturated rings. The number of amides is 1. The summed E-state index contributed by atoms with van der Waals surface area (Å²) in [7, 11) is 0. The highest BCUT2D eigenvalue weighted by Crippen LogP contribution is 2.25. The maximum absolute atomic E-state index is 12.2. The standard InChI is InChI=1S/C18H20N6O2S/c25-17(14-13-15(26-22-14)16-3-1-12-27-16)19-6-7-23-8-10-24(11-9-23)18-20-4-2-5-21-18/h1-5,12-13H,6-11H2,(H,19,25). The molecule has 0 radical (unpaired) electrons. The number of anilines is 1. The molecule has 9 heteroatoms. The van der Waals surface area contributed by atoms with Gasteiger partial charge in [0.1, 0.15) is 0 Å². The average Bonchev–Trinajstić information content (AvgIpc) is 3.41. The number of nitrogens with one attached hydrogen (secondary N) is 1. The monoisotopic (exact) mass is 384 g/mol. The predicted molar refractivity (Wildman–Crippen MR) is 103 cm³/mol. The first-order valence-electron chi connectivity index (χ1n) is 8.83. The lowest BCUT2D eigenvalue weighted by atomic mass is 10.3. The maximum atomic E-state index is 12.2. The van der Waals surface area contributed by atoms with Crippen molar-refractivity contribution in [1.29, 1.82) is 0 Å². The van der Waals surface area contributed by atoms with Crippen molar-refractivity contribution in [3.8, 4) is 10.6 Å². The van der Waals surface area contributed by atoms with E-state index in [4.69, 9.17) is 4.52 Å². The van der Waals surface area contributed by atoms with Gasteiger partial charge in [0.2, 0.25) is 5.95 Å². The molecule has 0 bridgehead atoms. The van der Waals surface area contributed by atoms with Crippen LogP contribution in [0.3, 0.4) is 0 Å². The number of carbonyl (C=O) groups is 1. The Morgan fingerprint density at radius 1 is 1.19 bits per heavy atom. The van der Waals surface area contributed by atoms with Gasteiger partial charge >= 0.3 is 0 Å². The Labute approximate surface area is 160 Å². The van der Waals surface area contributed by atoms with Crippen molar-refractivity contribution in [3.63, 3.8) is 0 Å². The lowest BCUT2D eigenvalue weighted by molar-refractivity contribution is 0.0939. The zero-order chi connectivity index (χ0) is 18.5. The summed E-state index contributed by atoms with van der Waals surface area (Å²) in [5.41, 5.74) is 0.310. The second-order valence-corrected chi connectivity index (χ2v) is 7.13. The molecule has 1 amide bonds. The molecule has 0 aromatic carbocycles. The Hall–Kier alpha value is -2.78. The first-order valence-corrected chi connectivity index (χ1v) is 9.71. The van der Waals surface area contributed by atoms with Gasteiger partial charge in [-0.25, -0.2) is 9.97 Å². The average molecular weight is 384 g/mol. The van der Waals surface area contributed by atoms with Crippen LogP contribution in [0.25, 0.3) is 10.6 Å². The van der Waals surface area contributed by atoms with E-state index >= 15 is 0 Å². The summed E-state index contributed by atoms with van der Waals surface area (Å²) >= 11 is 1.55. The van der Waals surface area contributed by atoms with Gasteiger partial charge in [-0.2, -0.15) is 0 Å². The van der Waals surface area contributed by atoms with Crippen molar-refractivity contribution in [3.05, 3.63) is 47.7 Å². The third-order valence-electron chi connectivity index (χ3n) is 4.43. The summed E-state index contributed by atoms with van der Waals surface area (Å²) in [5, 5.41) is 8.74. The minimum atomic E-state index is -0.210. The van der Waals surface area contributed by atoms with Crippen LogP contribution in [0.2, 0.25) is 0 Å². The van der Waals surface area contributed by atoms with E-state index in [1.807, 2.05) is 23.6 Å². The van der Waals surface area contributed by atoms with Gasteiger partial charge in [-0.3, -0.25) is 9.69 Å². The zero-order valence-corrected chi connectivity index (χ0v) is 15.6. The van der Waals surface area contributed by atoms with Crippen molar-refractivity contribution in [1.82, 2.24) is 25.3 Å². The van der Waals surface area contributed by atoms with Gasteiger partial charge in [0.25, 0.3) is 5.91 Å². The van der Waals surface area contributed by atoms with Crippen LogP contribution >= 0.6 is 11.3 Å². The molecule has 1 saturated heterocycles. The number of rotatable bonds is 6. The van der Waals surface area contributed by atoms with E-state index in [-0.39, 0.29) is 5.91 Å². The fourth-order valence-electron chi connectivity index (χ4n) is 2.96. The molecule has 8 nitrogen and oxygen atoms in total. The van der Waals surface area contributed by atoms with E-state index < -0.39 is 0 Å². The molecular weight excluding hydrogens is 364 g/mol. The number of nitrogens with zero attached hydrogens (tertiary/aromatic N) is 5. The third-order valence-corrected chi connectivity index (χ3v) is 5.31. The Morgan fingerprint density at radius 2 is 2.00 bits per heavy atom. The number of hydrogen-bond acceptors (Lipinski definition) is 8. The van der Waals surface area contributed by atoms with E-state index in [1.165, 1.54) is 0 Å². The third kappa shape index (κ3) is 4.32. The molecular formula is C18H20N6O2S. The highest BCUT2D eigenvalue weighted by Gasteiger charge is 2.19. The SMILES string of the molecule is O=C(NCCN1CCN(c2ncccn2)CC1)c1cc(-c2cccs2)on1. The molecule has 140 valence electrons. The summed E-state index contributed by atoms with van der Waals surface area (Å²) in [4.78, 5) is 26.3. The topological polar surface area (TPSA) is 87.4 Å². The molecule has 1 aliphatic rings. The van der Waals surface area contributed by atoms with E-state index in [9.17, 15) is 4.79 Å². The largest absolute Gasteiger partial charge is 0.355 e. The second kappa shape index (κ2) is 8.28. The van der Waals surface area contributed by atoms with Gasteiger partial charge in [-0.1, -0.05) is 11.2 Å². The number of aromatic nitrogens is 3. The lowest BCUT2D eigenvalue weighted by Gasteiger charge is -2.34. The molecule has 4 rings (SSSR count). The van der Waals surface area contributed by atoms with Crippen LogP contribution in [0.15, 0.2) is 46.6 Å².